The molecule has 0 aliphatic heterocycles. The van der Waals surface area contributed by atoms with E-state index in [-0.39, 0.29) is 12.6 Å². The van der Waals surface area contributed by atoms with Gasteiger partial charge < -0.3 is 10.4 Å². The molecule has 0 bridgehead atoms. The summed E-state index contributed by atoms with van der Waals surface area (Å²) < 4.78 is 0. The summed E-state index contributed by atoms with van der Waals surface area (Å²) in [6.45, 7) is 2.32. The minimum Gasteiger partial charge on any atom is -0.394 e. The molecular formula is C13H20ClNO. The van der Waals surface area contributed by atoms with E-state index in [1.807, 2.05) is 24.3 Å². The Balaban J connectivity index is 2.46. The molecule has 1 unspecified atom stereocenters. The summed E-state index contributed by atoms with van der Waals surface area (Å²) >= 11 is 6.04. The van der Waals surface area contributed by atoms with Crippen molar-refractivity contribution in [3.05, 3.63) is 29.3 Å². The standard InChI is InChI=1S/C13H20ClNO/c1-2-3-4-7-11(10-16)15-13-9-6-5-8-12(13)14/h5-6,8-9,11,15-16H,2-4,7,10H2,1H3. The van der Waals surface area contributed by atoms with Crippen molar-refractivity contribution in [2.45, 2.75) is 38.6 Å². The van der Waals surface area contributed by atoms with Crippen molar-refractivity contribution < 1.29 is 5.11 Å². The molecule has 2 nitrogen and oxygen atoms in total. The minimum absolute atomic E-state index is 0.103. The fourth-order valence-electron chi connectivity index (χ4n) is 1.65. The van der Waals surface area contributed by atoms with Gasteiger partial charge in [-0.1, -0.05) is 49.9 Å². The number of halogens is 1. The van der Waals surface area contributed by atoms with Crippen LogP contribution in [0.3, 0.4) is 0 Å². The molecule has 0 saturated carbocycles. The maximum Gasteiger partial charge on any atom is 0.0637 e. The van der Waals surface area contributed by atoms with Crippen molar-refractivity contribution in [1.29, 1.82) is 0 Å². The molecule has 0 aliphatic carbocycles. The Hall–Kier alpha value is -0.730. The van der Waals surface area contributed by atoms with Gasteiger partial charge in [0.05, 0.1) is 17.3 Å². The van der Waals surface area contributed by atoms with E-state index in [1.54, 1.807) is 0 Å². The Kier molecular flexibility index (Phi) is 6.27. The molecule has 0 saturated heterocycles. The Morgan fingerprint density at radius 1 is 1.31 bits per heavy atom. The lowest BCUT2D eigenvalue weighted by atomic mass is 10.1. The van der Waals surface area contributed by atoms with E-state index in [1.165, 1.54) is 12.8 Å². The van der Waals surface area contributed by atoms with Gasteiger partial charge in [-0.2, -0.15) is 0 Å². The molecule has 1 rings (SSSR count). The zero-order chi connectivity index (χ0) is 11.8. The highest BCUT2D eigenvalue weighted by Crippen LogP contribution is 2.22. The second-order valence-electron chi connectivity index (χ2n) is 4.00. The molecule has 0 aliphatic rings. The third-order valence-corrected chi connectivity index (χ3v) is 2.94. The smallest absolute Gasteiger partial charge is 0.0637 e. The average molecular weight is 242 g/mol. The zero-order valence-electron chi connectivity index (χ0n) is 9.75. The van der Waals surface area contributed by atoms with Crippen molar-refractivity contribution in [2.24, 2.45) is 0 Å². The number of aliphatic hydroxyl groups is 1. The van der Waals surface area contributed by atoms with E-state index >= 15 is 0 Å². The molecule has 16 heavy (non-hydrogen) atoms. The Morgan fingerprint density at radius 3 is 2.69 bits per heavy atom. The zero-order valence-corrected chi connectivity index (χ0v) is 10.5. The van der Waals surface area contributed by atoms with Gasteiger partial charge in [-0.05, 0) is 18.6 Å². The molecule has 0 heterocycles. The summed E-state index contributed by atoms with van der Waals surface area (Å²) in [4.78, 5) is 0. The lowest BCUT2D eigenvalue weighted by molar-refractivity contribution is 0.266. The molecule has 0 fully saturated rings. The first-order valence-electron chi connectivity index (χ1n) is 5.89. The Bertz CT molecular complexity index is 304. The molecule has 2 N–H and O–H groups in total. The lowest BCUT2D eigenvalue weighted by Crippen LogP contribution is -2.23. The third kappa shape index (κ3) is 4.42. The highest BCUT2D eigenvalue weighted by Gasteiger charge is 2.08. The predicted molar refractivity (Wildman–Crippen MR) is 70.1 cm³/mol. The molecule has 90 valence electrons. The van der Waals surface area contributed by atoms with E-state index < -0.39 is 0 Å². The summed E-state index contributed by atoms with van der Waals surface area (Å²) in [5.41, 5.74) is 0.903. The van der Waals surface area contributed by atoms with E-state index in [0.717, 1.165) is 18.5 Å². The molecule has 1 aromatic carbocycles. The molecule has 3 heteroatoms. The van der Waals surface area contributed by atoms with E-state index in [2.05, 4.69) is 12.2 Å². The van der Waals surface area contributed by atoms with Gasteiger partial charge in [-0.15, -0.1) is 0 Å². The summed E-state index contributed by atoms with van der Waals surface area (Å²) in [6, 6.07) is 7.73. The number of para-hydroxylation sites is 1. The van der Waals surface area contributed by atoms with Crippen molar-refractivity contribution in [3.8, 4) is 0 Å². The topological polar surface area (TPSA) is 32.3 Å². The summed E-state index contributed by atoms with van der Waals surface area (Å²) in [7, 11) is 0. The van der Waals surface area contributed by atoms with Crippen LogP contribution in [0.4, 0.5) is 5.69 Å². The normalized spacial score (nSPS) is 12.4. The van der Waals surface area contributed by atoms with Crippen LogP contribution in [0.5, 0.6) is 0 Å². The Morgan fingerprint density at radius 2 is 2.06 bits per heavy atom. The van der Waals surface area contributed by atoms with Crippen LogP contribution in [0.1, 0.15) is 32.6 Å². The molecule has 1 atom stereocenters. The molecule has 0 aromatic heterocycles. The summed E-state index contributed by atoms with van der Waals surface area (Å²) in [5.74, 6) is 0. The van der Waals surface area contributed by atoms with Crippen molar-refractivity contribution >= 4 is 17.3 Å². The van der Waals surface area contributed by atoms with E-state index in [4.69, 9.17) is 11.6 Å². The predicted octanol–water partition coefficient (Wildman–Crippen LogP) is 3.69. The van der Waals surface area contributed by atoms with Gasteiger partial charge in [0.25, 0.3) is 0 Å². The van der Waals surface area contributed by atoms with Crippen molar-refractivity contribution in [2.75, 3.05) is 11.9 Å². The maximum atomic E-state index is 9.27. The van der Waals surface area contributed by atoms with Crippen LogP contribution in [0.25, 0.3) is 0 Å². The molecule has 0 radical (unpaired) electrons. The number of hydrogen-bond donors (Lipinski definition) is 2. The van der Waals surface area contributed by atoms with Crippen LogP contribution < -0.4 is 5.32 Å². The van der Waals surface area contributed by atoms with Crippen LogP contribution >= 0.6 is 11.6 Å². The highest BCUT2D eigenvalue weighted by atomic mass is 35.5. The van der Waals surface area contributed by atoms with Gasteiger partial charge in [-0.25, -0.2) is 0 Å². The monoisotopic (exact) mass is 241 g/mol. The second-order valence-corrected chi connectivity index (χ2v) is 4.41. The minimum atomic E-state index is 0.103. The number of rotatable bonds is 7. The number of anilines is 1. The van der Waals surface area contributed by atoms with E-state index in [9.17, 15) is 5.11 Å². The SMILES string of the molecule is CCCCCC(CO)Nc1ccccc1Cl. The fourth-order valence-corrected chi connectivity index (χ4v) is 1.84. The number of aliphatic hydroxyl groups excluding tert-OH is 1. The van der Waals surface area contributed by atoms with Crippen molar-refractivity contribution in [1.82, 2.24) is 0 Å². The van der Waals surface area contributed by atoms with Crippen LogP contribution in [-0.2, 0) is 0 Å². The van der Waals surface area contributed by atoms with Gasteiger partial charge in [0.1, 0.15) is 0 Å². The van der Waals surface area contributed by atoms with Gasteiger partial charge in [0, 0.05) is 6.04 Å². The van der Waals surface area contributed by atoms with Gasteiger partial charge in [-0.3, -0.25) is 0 Å². The largest absolute Gasteiger partial charge is 0.394 e. The van der Waals surface area contributed by atoms with Gasteiger partial charge in [0.2, 0.25) is 0 Å². The van der Waals surface area contributed by atoms with Crippen molar-refractivity contribution in [3.63, 3.8) is 0 Å². The first-order valence-corrected chi connectivity index (χ1v) is 6.27. The number of unbranched alkanes of at least 4 members (excludes halogenated alkanes) is 2. The number of nitrogens with one attached hydrogen (secondary N) is 1. The van der Waals surface area contributed by atoms with Gasteiger partial charge in [0.15, 0.2) is 0 Å². The summed E-state index contributed by atoms with van der Waals surface area (Å²) in [5, 5.41) is 13.3. The number of hydrogen-bond acceptors (Lipinski definition) is 2. The maximum absolute atomic E-state index is 9.27. The average Bonchev–Trinajstić information content (AvgIpc) is 2.30. The lowest BCUT2D eigenvalue weighted by Gasteiger charge is -2.18. The number of benzene rings is 1. The first-order chi connectivity index (χ1) is 7.77. The second kappa shape index (κ2) is 7.53. The van der Waals surface area contributed by atoms with Crippen LogP contribution in [0.15, 0.2) is 24.3 Å². The molecular weight excluding hydrogens is 222 g/mol. The van der Waals surface area contributed by atoms with Crippen LogP contribution in [-0.4, -0.2) is 17.8 Å². The highest BCUT2D eigenvalue weighted by molar-refractivity contribution is 6.33. The first kappa shape index (κ1) is 13.3. The van der Waals surface area contributed by atoms with Gasteiger partial charge >= 0.3 is 0 Å². The molecule has 0 spiro atoms. The van der Waals surface area contributed by atoms with E-state index in [0.29, 0.717) is 5.02 Å². The molecule has 1 aromatic rings. The fraction of sp³-hybridized carbons (Fsp3) is 0.538. The quantitative estimate of drug-likeness (QED) is 0.714. The third-order valence-electron chi connectivity index (χ3n) is 2.61. The molecule has 0 amide bonds. The summed E-state index contributed by atoms with van der Waals surface area (Å²) in [6.07, 6.45) is 4.53. The van der Waals surface area contributed by atoms with Crippen LogP contribution in [0, 0.1) is 0 Å². The van der Waals surface area contributed by atoms with Crippen LogP contribution in [0.2, 0.25) is 5.02 Å². The Labute approximate surface area is 103 Å².